The van der Waals surface area contributed by atoms with E-state index in [9.17, 15) is 4.79 Å². The molecule has 0 aliphatic heterocycles. The van der Waals surface area contributed by atoms with Crippen LogP contribution in [0.4, 0.5) is 0 Å². The van der Waals surface area contributed by atoms with Crippen LogP contribution < -0.4 is 4.74 Å². The van der Waals surface area contributed by atoms with Crippen molar-refractivity contribution in [1.82, 2.24) is 9.97 Å². The fourth-order valence-electron chi connectivity index (χ4n) is 1.69. The van der Waals surface area contributed by atoms with Crippen LogP contribution in [0.15, 0.2) is 42.2 Å². The van der Waals surface area contributed by atoms with Crippen molar-refractivity contribution in [3.05, 3.63) is 47.7 Å². The minimum atomic E-state index is -1.06. The number of ether oxygens (including phenoxy) is 1. The lowest BCUT2D eigenvalue weighted by Gasteiger charge is -2.07. The van der Waals surface area contributed by atoms with Gasteiger partial charge in [-0.15, -0.1) is 11.3 Å². The predicted octanol–water partition coefficient (Wildman–Crippen LogP) is 3.18. The molecule has 1 N–H and O–H groups in total. The standard InChI is InChI=1S/C13H8N2O3S/c16-13(17)8-1-4-14-7-10(8)18-12-9-3-6-19-11(9)2-5-15-12/h1-7H,(H,16,17). The van der Waals surface area contributed by atoms with Crippen LogP contribution in [0.5, 0.6) is 11.6 Å². The van der Waals surface area contributed by atoms with Gasteiger partial charge in [-0.3, -0.25) is 4.98 Å². The first-order chi connectivity index (χ1) is 9.25. The van der Waals surface area contributed by atoms with E-state index in [-0.39, 0.29) is 11.3 Å². The average Bonchev–Trinajstić information content (AvgIpc) is 2.88. The maximum Gasteiger partial charge on any atom is 0.339 e. The molecule has 0 fully saturated rings. The Labute approximate surface area is 112 Å². The summed E-state index contributed by atoms with van der Waals surface area (Å²) in [6, 6.07) is 5.17. The molecule has 3 heterocycles. The van der Waals surface area contributed by atoms with Gasteiger partial charge in [-0.1, -0.05) is 0 Å². The Morgan fingerprint density at radius 3 is 3.00 bits per heavy atom. The van der Waals surface area contributed by atoms with Gasteiger partial charge in [0.2, 0.25) is 5.88 Å². The fourth-order valence-corrected chi connectivity index (χ4v) is 2.46. The average molecular weight is 272 g/mol. The zero-order valence-electron chi connectivity index (χ0n) is 9.61. The number of aromatic nitrogens is 2. The molecule has 0 atom stereocenters. The maximum absolute atomic E-state index is 11.1. The molecule has 0 aliphatic rings. The highest BCUT2D eigenvalue weighted by atomic mass is 32.1. The predicted molar refractivity (Wildman–Crippen MR) is 70.9 cm³/mol. The Hall–Kier alpha value is -2.47. The summed E-state index contributed by atoms with van der Waals surface area (Å²) in [5, 5.41) is 11.9. The number of carbonyl (C=O) groups is 1. The molecule has 0 amide bonds. The molecule has 0 spiro atoms. The summed E-state index contributed by atoms with van der Waals surface area (Å²) in [5.41, 5.74) is 0.0593. The topological polar surface area (TPSA) is 72.3 Å². The number of aromatic carboxylic acids is 1. The Bertz CT molecular complexity index is 754. The number of thiophene rings is 1. The number of carboxylic acids is 1. The lowest BCUT2D eigenvalue weighted by Crippen LogP contribution is -2.01. The van der Waals surface area contributed by atoms with E-state index in [0.717, 1.165) is 10.1 Å². The molecule has 94 valence electrons. The Morgan fingerprint density at radius 1 is 1.26 bits per heavy atom. The Kier molecular flexibility index (Phi) is 2.85. The van der Waals surface area contributed by atoms with Crippen molar-refractivity contribution in [2.75, 3.05) is 0 Å². The van der Waals surface area contributed by atoms with E-state index in [0.29, 0.717) is 5.88 Å². The van der Waals surface area contributed by atoms with Gasteiger partial charge in [0.05, 0.1) is 11.6 Å². The van der Waals surface area contributed by atoms with Gasteiger partial charge in [0.1, 0.15) is 5.56 Å². The van der Waals surface area contributed by atoms with Gasteiger partial charge in [-0.25, -0.2) is 9.78 Å². The van der Waals surface area contributed by atoms with Crippen molar-refractivity contribution in [2.45, 2.75) is 0 Å². The van der Waals surface area contributed by atoms with Crippen LogP contribution in [0.25, 0.3) is 10.1 Å². The van der Waals surface area contributed by atoms with E-state index < -0.39 is 5.97 Å². The summed E-state index contributed by atoms with van der Waals surface area (Å²) < 4.78 is 6.63. The lowest BCUT2D eigenvalue weighted by molar-refractivity contribution is 0.0694. The number of carboxylic acid groups (broad SMARTS) is 1. The van der Waals surface area contributed by atoms with Crippen LogP contribution in [0, 0.1) is 0 Å². The molecule has 0 saturated heterocycles. The summed E-state index contributed by atoms with van der Waals surface area (Å²) in [6.07, 6.45) is 4.41. The number of hydrogen-bond donors (Lipinski definition) is 1. The molecule has 6 heteroatoms. The van der Waals surface area contributed by atoms with Crippen LogP contribution in [-0.4, -0.2) is 21.0 Å². The van der Waals surface area contributed by atoms with E-state index in [1.165, 1.54) is 18.5 Å². The first-order valence-corrected chi connectivity index (χ1v) is 6.31. The van der Waals surface area contributed by atoms with Gasteiger partial charge >= 0.3 is 5.97 Å². The first kappa shape index (κ1) is 11.6. The molecule has 0 radical (unpaired) electrons. The second-order valence-corrected chi connectivity index (χ2v) is 4.68. The Balaban J connectivity index is 2.06. The summed E-state index contributed by atoms with van der Waals surface area (Å²) in [7, 11) is 0. The number of fused-ring (bicyclic) bond motifs is 1. The number of nitrogens with zero attached hydrogens (tertiary/aromatic N) is 2. The lowest BCUT2D eigenvalue weighted by atomic mass is 10.2. The molecule has 0 aliphatic carbocycles. The van der Waals surface area contributed by atoms with Crippen molar-refractivity contribution in [3.8, 4) is 11.6 Å². The maximum atomic E-state index is 11.1. The van der Waals surface area contributed by atoms with E-state index in [4.69, 9.17) is 9.84 Å². The minimum Gasteiger partial charge on any atom is -0.478 e. The molecule has 0 unspecified atom stereocenters. The number of hydrogen-bond acceptors (Lipinski definition) is 5. The van der Waals surface area contributed by atoms with Gasteiger partial charge in [-0.05, 0) is 23.6 Å². The number of pyridine rings is 2. The molecule has 5 nitrogen and oxygen atoms in total. The van der Waals surface area contributed by atoms with Gasteiger partial charge in [0.25, 0.3) is 0 Å². The van der Waals surface area contributed by atoms with E-state index in [1.54, 1.807) is 17.5 Å². The van der Waals surface area contributed by atoms with Gasteiger partial charge in [-0.2, -0.15) is 0 Å². The Morgan fingerprint density at radius 2 is 2.16 bits per heavy atom. The van der Waals surface area contributed by atoms with Crippen LogP contribution >= 0.6 is 11.3 Å². The van der Waals surface area contributed by atoms with E-state index in [2.05, 4.69) is 9.97 Å². The second kappa shape index (κ2) is 4.66. The molecular formula is C13H8N2O3S. The van der Waals surface area contributed by atoms with Crippen LogP contribution in [0.2, 0.25) is 0 Å². The summed E-state index contributed by atoms with van der Waals surface area (Å²) in [4.78, 5) is 19.1. The zero-order chi connectivity index (χ0) is 13.2. The van der Waals surface area contributed by atoms with Gasteiger partial charge < -0.3 is 9.84 Å². The zero-order valence-corrected chi connectivity index (χ0v) is 10.4. The normalized spacial score (nSPS) is 10.5. The smallest absolute Gasteiger partial charge is 0.339 e. The van der Waals surface area contributed by atoms with E-state index >= 15 is 0 Å². The molecule has 3 aromatic rings. The molecular weight excluding hydrogens is 264 g/mol. The third kappa shape index (κ3) is 2.13. The van der Waals surface area contributed by atoms with Crippen LogP contribution in [0.1, 0.15) is 10.4 Å². The highest BCUT2D eigenvalue weighted by Gasteiger charge is 2.13. The second-order valence-electron chi connectivity index (χ2n) is 3.73. The van der Waals surface area contributed by atoms with E-state index in [1.807, 2.05) is 17.5 Å². The highest BCUT2D eigenvalue weighted by molar-refractivity contribution is 7.17. The first-order valence-electron chi connectivity index (χ1n) is 5.43. The number of rotatable bonds is 3. The molecule has 19 heavy (non-hydrogen) atoms. The van der Waals surface area contributed by atoms with Crippen molar-refractivity contribution in [3.63, 3.8) is 0 Å². The summed E-state index contributed by atoms with van der Waals surface area (Å²) in [5.74, 6) is -0.495. The van der Waals surface area contributed by atoms with Crippen molar-refractivity contribution < 1.29 is 14.6 Å². The van der Waals surface area contributed by atoms with Gasteiger partial charge in [0, 0.05) is 17.1 Å². The van der Waals surface area contributed by atoms with Crippen molar-refractivity contribution >= 4 is 27.4 Å². The molecule has 3 aromatic heterocycles. The molecule has 3 rings (SSSR count). The molecule has 0 aromatic carbocycles. The fraction of sp³-hybridized carbons (Fsp3) is 0. The quantitative estimate of drug-likeness (QED) is 0.792. The van der Waals surface area contributed by atoms with Gasteiger partial charge in [0.15, 0.2) is 5.75 Å². The van der Waals surface area contributed by atoms with Crippen molar-refractivity contribution in [2.24, 2.45) is 0 Å². The van der Waals surface area contributed by atoms with Crippen LogP contribution in [-0.2, 0) is 0 Å². The van der Waals surface area contributed by atoms with Crippen LogP contribution in [0.3, 0.4) is 0 Å². The van der Waals surface area contributed by atoms with Crippen molar-refractivity contribution in [1.29, 1.82) is 0 Å². The third-order valence-electron chi connectivity index (χ3n) is 2.56. The summed E-state index contributed by atoms with van der Waals surface area (Å²) >= 11 is 1.57. The molecule has 0 saturated carbocycles. The molecule has 0 bridgehead atoms. The monoisotopic (exact) mass is 272 g/mol. The SMILES string of the molecule is O=C(O)c1ccncc1Oc1nccc2sccc12. The highest BCUT2D eigenvalue weighted by Crippen LogP contribution is 2.31. The largest absolute Gasteiger partial charge is 0.478 e. The third-order valence-corrected chi connectivity index (χ3v) is 3.45. The minimum absolute atomic E-state index is 0.0593. The summed E-state index contributed by atoms with van der Waals surface area (Å²) in [6.45, 7) is 0.